The number of nitrogens with one attached hydrogen (secondary N) is 2. The molecule has 2 aromatic carbocycles. The Morgan fingerprint density at radius 1 is 1.06 bits per heavy atom. The number of amides is 1. The van der Waals surface area contributed by atoms with Crippen molar-refractivity contribution in [2.75, 3.05) is 18.5 Å². The average molecular weight is 463 g/mol. The summed E-state index contributed by atoms with van der Waals surface area (Å²) in [5.41, 5.74) is 8.07. The first-order chi connectivity index (χ1) is 16.4. The highest BCUT2D eigenvalue weighted by Gasteiger charge is 2.20. The molecule has 1 aromatic heterocycles. The topological polar surface area (TPSA) is 125 Å². The van der Waals surface area contributed by atoms with Gasteiger partial charge in [0.05, 0.1) is 10.6 Å². The number of furan rings is 1. The summed E-state index contributed by atoms with van der Waals surface area (Å²) in [6, 6.07) is 13.5. The molecule has 1 saturated heterocycles. The lowest BCUT2D eigenvalue weighted by Gasteiger charge is -2.29. The Balaban J connectivity index is 1.53. The molecular formula is C24H26N6O4. The van der Waals surface area contributed by atoms with Gasteiger partial charge in [0.2, 0.25) is 0 Å². The molecule has 2 heterocycles. The molecule has 3 aromatic rings. The molecule has 2 N–H and O–H groups in total. The molecule has 1 aliphatic heterocycles. The van der Waals surface area contributed by atoms with Crippen LogP contribution in [0.15, 0.2) is 63.2 Å². The minimum absolute atomic E-state index is 0.00659. The van der Waals surface area contributed by atoms with E-state index in [2.05, 4.69) is 26.0 Å². The van der Waals surface area contributed by atoms with Gasteiger partial charge in [-0.2, -0.15) is 10.2 Å². The molecule has 0 aliphatic carbocycles. The fraction of sp³-hybridized carbons (Fsp3) is 0.292. The number of likely N-dealkylation sites (tertiary alicyclic amines) is 1. The van der Waals surface area contributed by atoms with E-state index in [4.69, 9.17) is 4.42 Å². The fourth-order valence-electron chi connectivity index (χ4n) is 3.89. The highest BCUT2D eigenvalue weighted by atomic mass is 16.6. The van der Waals surface area contributed by atoms with Crippen LogP contribution in [-0.2, 0) is 0 Å². The number of non-ortho nitro benzene ring substituents is 1. The van der Waals surface area contributed by atoms with Gasteiger partial charge in [-0.3, -0.25) is 20.3 Å². The van der Waals surface area contributed by atoms with Crippen molar-refractivity contribution < 1.29 is 14.1 Å². The summed E-state index contributed by atoms with van der Waals surface area (Å²) in [6.45, 7) is 5.26. The third-order valence-corrected chi connectivity index (χ3v) is 5.72. The Bertz CT molecular complexity index is 1260. The van der Waals surface area contributed by atoms with E-state index in [1.165, 1.54) is 12.1 Å². The van der Waals surface area contributed by atoms with Gasteiger partial charge < -0.3 is 9.32 Å². The second kappa shape index (κ2) is 10.2. The standard InChI is InChI=1S/C24H26N6O4/c1-16-20-8-4-5-9-21(20)34-22(16)24(31)28-25-17(2)23(29-14-6-3-7-15-29)27-26-18-10-12-19(13-11-18)30(32)33/h4-5,8-13,26H,3,6-7,14-15H2,1-2H3,(H,28,31)/b25-17+,27-23-. The van der Waals surface area contributed by atoms with Crippen LogP contribution in [0.1, 0.15) is 42.3 Å². The largest absolute Gasteiger partial charge is 0.451 e. The smallest absolute Gasteiger partial charge is 0.307 e. The van der Waals surface area contributed by atoms with E-state index in [1.807, 2.05) is 31.2 Å². The number of amidine groups is 1. The molecule has 4 rings (SSSR count). The zero-order valence-electron chi connectivity index (χ0n) is 19.1. The van der Waals surface area contributed by atoms with Crippen LogP contribution < -0.4 is 10.9 Å². The molecule has 0 spiro atoms. The number of aryl methyl sites for hydroxylation is 1. The van der Waals surface area contributed by atoms with Gasteiger partial charge in [-0.15, -0.1) is 0 Å². The van der Waals surface area contributed by atoms with Crippen molar-refractivity contribution in [1.82, 2.24) is 10.3 Å². The van der Waals surface area contributed by atoms with Gasteiger partial charge in [-0.05, 0) is 51.3 Å². The van der Waals surface area contributed by atoms with Crippen molar-refractivity contribution in [1.29, 1.82) is 0 Å². The van der Waals surface area contributed by atoms with E-state index in [9.17, 15) is 14.9 Å². The van der Waals surface area contributed by atoms with Crippen LogP contribution in [0.4, 0.5) is 11.4 Å². The van der Waals surface area contributed by atoms with Crippen molar-refractivity contribution in [2.45, 2.75) is 33.1 Å². The number of nitrogens with zero attached hydrogens (tertiary/aromatic N) is 4. The van der Waals surface area contributed by atoms with Crippen molar-refractivity contribution in [3.05, 3.63) is 70.0 Å². The fourth-order valence-corrected chi connectivity index (χ4v) is 3.89. The van der Waals surface area contributed by atoms with Gasteiger partial charge in [0.15, 0.2) is 11.6 Å². The van der Waals surface area contributed by atoms with Crippen molar-refractivity contribution in [3.63, 3.8) is 0 Å². The van der Waals surface area contributed by atoms with Crippen molar-refractivity contribution >= 4 is 39.8 Å². The first-order valence-electron chi connectivity index (χ1n) is 11.1. The summed E-state index contributed by atoms with van der Waals surface area (Å²) >= 11 is 0. The third kappa shape index (κ3) is 5.06. The highest BCUT2D eigenvalue weighted by molar-refractivity contribution is 6.40. The highest BCUT2D eigenvalue weighted by Crippen LogP contribution is 2.24. The summed E-state index contributed by atoms with van der Waals surface area (Å²) in [6.07, 6.45) is 3.22. The lowest BCUT2D eigenvalue weighted by atomic mass is 10.1. The first kappa shape index (κ1) is 23.0. The molecule has 0 unspecified atom stereocenters. The second-order valence-corrected chi connectivity index (χ2v) is 8.09. The van der Waals surface area contributed by atoms with Crippen molar-refractivity contribution in [3.8, 4) is 0 Å². The van der Waals surface area contributed by atoms with E-state index in [-0.39, 0.29) is 11.4 Å². The van der Waals surface area contributed by atoms with E-state index < -0.39 is 10.8 Å². The quantitative estimate of drug-likeness (QED) is 0.237. The van der Waals surface area contributed by atoms with E-state index in [0.29, 0.717) is 22.8 Å². The monoisotopic (exact) mass is 462 g/mol. The second-order valence-electron chi connectivity index (χ2n) is 8.09. The number of nitro groups is 1. The zero-order valence-corrected chi connectivity index (χ0v) is 19.1. The van der Waals surface area contributed by atoms with Gasteiger partial charge >= 0.3 is 5.91 Å². The van der Waals surface area contributed by atoms with Crippen LogP contribution in [-0.4, -0.2) is 40.4 Å². The molecule has 10 heteroatoms. The van der Waals surface area contributed by atoms with Crippen LogP contribution in [0, 0.1) is 17.0 Å². The number of fused-ring (bicyclic) bond motifs is 1. The Labute approximate surface area is 196 Å². The molecule has 0 saturated carbocycles. The molecule has 0 bridgehead atoms. The number of hydrogen-bond donors (Lipinski definition) is 2. The van der Waals surface area contributed by atoms with Crippen LogP contribution in [0.3, 0.4) is 0 Å². The van der Waals surface area contributed by atoms with Gasteiger partial charge in [-0.25, -0.2) is 5.43 Å². The predicted octanol–water partition coefficient (Wildman–Crippen LogP) is 4.67. The maximum absolute atomic E-state index is 12.8. The van der Waals surface area contributed by atoms with Crippen molar-refractivity contribution in [2.24, 2.45) is 10.2 Å². The first-order valence-corrected chi connectivity index (χ1v) is 11.1. The molecule has 10 nitrogen and oxygen atoms in total. The molecule has 0 atom stereocenters. The van der Waals surface area contributed by atoms with E-state index >= 15 is 0 Å². The van der Waals surface area contributed by atoms with Gasteiger partial charge in [0.25, 0.3) is 5.69 Å². The average Bonchev–Trinajstić information content (AvgIpc) is 3.20. The number of piperidine rings is 1. The van der Waals surface area contributed by atoms with Gasteiger partial charge in [0, 0.05) is 36.2 Å². The number of carbonyl (C=O) groups excluding carboxylic acids is 1. The van der Waals surface area contributed by atoms with E-state index in [1.54, 1.807) is 19.1 Å². The molecule has 1 fully saturated rings. The number of para-hydroxylation sites is 1. The maximum atomic E-state index is 12.8. The Kier molecular flexibility index (Phi) is 6.86. The Morgan fingerprint density at radius 2 is 1.76 bits per heavy atom. The number of nitro benzene ring substituents is 1. The van der Waals surface area contributed by atoms with Crippen LogP contribution in [0.25, 0.3) is 11.0 Å². The molecule has 1 aliphatic rings. The predicted molar refractivity (Wildman–Crippen MR) is 131 cm³/mol. The molecule has 0 radical (unpaired) electrons. The number of rotatable bonds is 6. The lowest BCUT2D eigenvalue weighted by molar-refractivity contribution is -0.384. The van der Waals surface area contributed by atoms with E-state index in [0.717, 1.165) is 43.3 Å². The van der Waals surface area contributed by atoms with Crippen LogP contribution in [0.2, 0.25) is 0 Å². The molecule has 1 amide bonds. The van der Waals surface area contributed by atoms with Gasteiger partial charge in [0.1, 0.15) is 11.3 Å². The number of carbonyl (C=O) groups is 1. The lowest BCUT2D eigenvalue weighted by Crippen LogP contribution is -2.40. The summed E-state index contributed by atoms with van der Waals surface area (Å²) in [5, 5.41) is 20.6. The summed E-state index contributed by atoms with van der Waals surface area (Å²) < 4.78 is 5.72. The third-order valence-electron chi connectivity index (χ3n) is 5.72. The Morgan fingerprint density at radius 3 is 2.44 bits per heavy atom. The summed E-state index contributed by atoms with van der Waals surface area (Å²) in [4.78, 5) is 25.3. The maximum Gasteiger partial charge on any atom is 0.307 e. The number of hydrazone groups is 2. The normalized spacial score (nSPS) is 14.8. The number of hydrogen-bond acceptors (Lipinski definition) is 7. The van der Waals surface area contributed by atoms with Crippen LogP contribution >= 0.6 is 0 Å². The van der Waals surface area contributed by atoms with Gasteiger partial charge in [-0.1, -0.05) is 18.2 Å². The number of benzene rings is 2. The SMILES string of the molecule is CC(=N\NC(=O)c1oc2ccccc2c1C)/C(=N/Nc1ccc([N+](=O)[O-])cc1)N1CCCCC1. The minimum atomic E-state index is -0.449. The van der Waals surface area contributed by atoms with Crippen LogP contribution in [0.5, 0.6) is 0 Å². The Hall–Kier alpha value is -4.21. The molecule has 176 valence electrons. The zero-order chi connectivity index (χ0) is 24.1. The minimum Gasteiger partial charge on any atom is -0.451 e. The summed E-state index contributed by atoms with van der Waals surface area (Å²) in [7, 11) is 0. The molecular weight excluding hydrogens is 436 g/mol. The molecule has 34 heavy (non-hydrogen) atoms. The number of anilines is 1. The summed E-state index contributed by atoms with van der Waals surface area (Å²) in [5.74, 6) is 0.382.